The molecule has 0 saturated carbocycles. The summed E-state index contributed by atoms with van der Waals surface area (Å²) in [6, 6.07) is 10.7. The Kier molecular flexibility index (Phi) is 4.66. The van der Waals surface area contributed by atoms with Gasteiger partial charge in [0.25, 0.3) is 11.6 Å². The quantitative estimate of drug-likeness (QED) is 0.654. The van der Waals surface area contributed by atoms with E-state index in [9.17, 15) is 14.9 Å². The van der Waals surface area contributed by atoms with Crippen molar-refractivity contribution in [1.82, 2.24) is 0 Å². The van der Waals surface area contributed by atoms with Gasteiger partial charge in [-0.05, 0) is 23.8 Å². The number of rotatable bonds is 4. The first kappa shape index (κ1) is 15.1. The second kappa shape index (κ2) is 6.47. The first-order valence-electron chi connectivity index (χ1n) is 5.96. The fraction of sp³-hybridized carbons (Fsp3) is 0.0714. The smallest absolute Gasteiger partial charge is 0.271 e. The second-order valence-corrected chi connectivity index (χ2v) is 5.18. The molecule has 2 aromatic rings. The molecule has 0 heterocycles. The minimum atomic E-state index is -0.558. The number of nitro benzene ring substituents is 1. The van der Waals surface area contributed by atoms with Crippen LogP contribution in [0.3, 0.4) is 0 Å². The number of anilines is 1. The number of nitro groups is 1. The lowest BCUT2D eigenvalue weighted by Gasteiger charge is -2.06. The van der Waals surface area contributed by atoms with Crippen molar-refractivity contribution in [3.05, 3.63) is 68.2 Å². The molecule has 2 N–H and O–H groups in total. The van der Waals surface area contributed by atoms with E-state index in [1.54, 1.807) is 24.3 Å². The van der Waals surface area contributed by atoms with Gasteiger partial charge in [0.1, 0.15) is 0 Å². The van der Waals surface area contributed by atoms with E-state index in [1.807, 2.05) is 0 Å². The number of non-ortho nitro benzene ring substituents is 1. The summed E-state index contributed by atoms with van der Waals surface area (Å²) in [7, 11) is 0. The number of aliphatic hydroxyl groups excluding tert-OH is 1. The van der Waals surface area contributed by atoms with E-state index in [0.717, 1.165) is 5.56 Å². The fourth-order valence-corrected chi connectivity index (χ4v) is 2.19. The van der Waals surface area contributed by atoms with E-state index in [-0.39, 0.29) is 17.9 Å². The SMILES string of the molecule is O=C(Nc1ccc(CO)cc1)c1cc(Br)cc([N+](=O)[O-])c1. The Balaban J connectivity index is 2.21. The van der Waals surface area contributed by atoms with Crippen molar-refractivity contribution in [2.45, 2.75) is 6.61 Å². The maximum atomic E-state index is 12.1. The van der Waals surface area contributed by atoms with E-state index >= 15 is 0 Å². The highest BCUT2D eigenvalue weighted by molar-refractivity contribution is 9.10. The van der Waals surface area contributed by atoms with Gasteiger partial charge in [-0.3, -0.25) is 14.9 Å². The largest absolute Gasteiger partial charge is 0.392 e. The molecule has 2 aromatic carbocycles. The molecule has 0 aliphatic rings. The van der Waals surface area contributed by atoms with Crippen LogP contribution in [0.1, 0.15) is 15.9 Å². The van der Waals surface area contributed by atoms with Gasteiger partial charge in [-0.2, -0.15) is 0 Å². The van der Waals surface area contributed by atoms with Crippen LogP contribution in [-0.2, 0) is 6.61 Å². The molecular weight excluding hydrogens is 340 g/mol. The zero-order valence-corrected chi connectivity index (χ0v) is 12.3. The Morgan fingerprint density at radius 2 is 1.90 bits per heavy atom. The number of carbonyl (C=O) groups is 1. The topological polar surface area (TPSA) is 92.5 Å². The van der Waals surface area contributed by atoms with Gasteiger partial charge < -0.3 is 10.4 Å². The molecule has 0 bridgehead atoms. The predicted octanol–water partition coefficient (Wildman–Crippen LogP) is 3.10. The van der Waals surface area contributed by atoms with Gasteiger partial charge in [-0.25, -0.2) is 0 Å². The average Bonchev–Trinajstić information content (AvgIpc) is 2.47. The van der Waals surface area contributed by atoms with E-state index in [2.05, 4.69) is 21.2 Å². The number of benzene rings is 2. The highest BCUT2D eigenvalue weighted by Gasteiger charge is 2.14. The van der Waals surface area contributed by atoms with Gasteiger partial charge in [0.15, 0.2) is 0 Å². The van der Waals surface area contributed by atoms with Crippen LogP contribution in [0.15, 0.2) is 46.9 Å². The van der Waals surface area contributed by atoms with Gasteiger partial charge in [-0.1, -0.05) is 28.1 Å². The molecule has 1 amide bonds. The van der Waals surface area contributed by atoms with Gasteiger partial charge in [0, 0.05) is 27.9 Å². The summed E-state index contributed by atoms with van der Waals surface area (Å²) in [6.07, 6.45) is 0. The third-order valence-electron chi connectivity index (χ3n) is 2.75. The van der Waals surface area contributed by atoms with E-state index < -0.39 is 10.8 Å². The zero-order chi connectivity index (χ0) is 15.4. The van der Waals surface area contributed by atoms with Crippen LogP contribution in [0.25, 0.3) is 0 Å². The van der Waals surface area contributed by atoms with Crippen LogP contribution in [0, 0.1) is 10.1 Å². The molecule has 108 valence electrons. The Labute approximate surface area is 128 Å². The highest BCUT2D eigenvalue weighted by atomic mass is 79.9. The Bertz CT molecular complexity index is 686. The summed E-state index contributed by atoms with van der Waals surface area (Å²) in [5.74, 6) is -0.448. The van der Waals surface area contributed by atoms with Crippen LogP contribution in [0.2, 0.25) is 0 Å². The summed E-state index contributed by atoms with van der Waals surface area (Å²) in [6.45, 7) is -0.0773. The van der Waals surface area contributed by atoms with E-state index in [0.29, 0.717) is 10.2 Å². The number of nitrogens with zero attached hydrogens (tertiary/aromatic N) is 1. The Hall–Kier alpha value is -2.25. The molecular formula is C14H11BrN2O4. The van der Waals surface area contributed by atoms with Gasteiger partial charge in [-0.15, -0.1) is 0 Å². The normalized spacial score (nSPS) is 10.2. The summed E-state index contributed by atoms with van der Waals surface area (Å²) >= 11 is 3.14. The molecule has 7 heteroatoms. The van der Waals surface area contributed by atoms with Crippen LogP contribution < -0.4 is 5.32 Å². The average molecular weight is 351 g/mol. The van der Waals surface area contributed by atoms with Crippen molar-refractivity contribution in [2.24, 2.45) is 0 Å². The number of aliphatic hydroxyl groups is 1. The number of halogens is 1. The lowest BCUT2D eigenvalue weighted by molar-refractivity contribution is -0.384. The van der Waals surface area contributed by atoms with Gasteiger partial charge >= 0.3 is 0 Å². The molecule has 0 fully saturated rings. The predicted molar refractivity (Wildman–Crippen MR) is 81.1 cm³/mol. The van der Waals surface area contributed by atoms with Crippen molar-refractivity contribution >= 4 is 33.2 Å². The molecule has 0 atom stereocenters. The Morgan fingerprint density at radius 1 is 1.24 bits per heavy atom. The highest BCUT2D eigenvalue weighted by Crippen LogP contribution is 2.22. The lowest BCUT2D eigenvalue weighted by atomic mass is 10.1. The molecule has 0 aliphatic heterocycles. The van der Waals surface area contributed by atoms with Crippen molar-refractivity contribution < 1.29 is 14.8 Å². The van der Waals surface area contributed by atoms with E-state index in [4.69, 9.17) is 5.11 Å². The number of amides is 1. The van der Waals surface area contributed by atoms with Crippen molar-refractivity contribution in [3.8, 4) is 0 Å². The molecule has 21 heavy (non-hydrogen) atoms. The second-order valence-electron chi connectivity index (χ2n) is 4.26. The van der Waals surface area contributed by atoms with Crippen molar-refractivity contribution in [3.63, 3.8) is 0 Å². The summed E-state index contributed by atoms with van der Waals surface area (Å²) in [5, 5.41) is 22.4. The zero-order valence-electron chi connectivity index (χ0n) is 10.7. The minimum absolute atomic E-state index is 0.0773. The third kappa shape index (κ3) is 3.87. The molecule has 0 aromatic heterocycles. The van der Waals surface area contributed by atoms with Gasteiger partial charge in [0.05, 0.1) is 11.5 Å². The van der Waals surface area contributed by atoms with Crippen LogP contribution in [0.4, 0.5) is 11.4 Å². The maximum absolute atomic E-state index is 12.1. The number of nitrogens with one attached hydrogen (secondary N) is 1. The standard InChI is InChI=1S/C14H11BrN2O4/c15-11-5-10(6-13(7-11)17(20)21)14(19)16-12-3-1-9(8-18)2-4-12/h1-7,18H,8H2,(H,16,19). The lowest BCUT2D eigenvalue weighted by Crippen LogP contribution is -2.12. The summed E-state index contributed by atoms with van der Waals surface area (Å²) in [5.41, 5.74) is 1.29. The summed E-state index contributed by atoms with van der Waals surface area (Å²) < 4.78 is 0.456. The van der Waals surface area contributed by atoms with Crippen LogP contribution in [-0.4, -0.2) is 15.9 Å². The van der Waals surface area contributed by atoms with Crippen molar-refractivity contribution in [1.29, 1.82) is 0 Å². The molecule has 0 spiro atoms. The molecule has 6 nitrogen and oxygen atoms in total. The minimum Gasteiger partial charge on any atom is -0.392 e. The summed E-state index contributed by atoms with van der Waals surface area (Å²) in [4.78, 5) is 22.3. The fourth-order valence-electron chi connectivity index (χ4n) is 1.71. The van der Waals surface area contributed by atoms with Crippen molar-refractivity contribution in [2.75, 3.05) is 5.32 Å². The number of hydrogen-bond donors (Lipinski definition) is 2. The van der Waals surface area contributed by atoms with Gasteiger partial charge in [0.2, 0.25) is 0 Å². The number of hydrogen-bond acceptors (Lipinski definition) is 4. The Morgan fingerprint density at radius 3 is 2.48 bits per heavy atom. The third-order valence-corrected chi connectivity index (χ3v) is 3.21. The molecule has 0 saturated heterocycles. The van der Waals surface area contributed by atoms with Crippen LogP contribution >= 0.6 is 15.9 Å². The number of carbonyl (C=O) groups excluding carboxylic acids is 1. The van der Waals surface area contributed by atoms with Crippen LogP contribution in [0.5, 0.6) is 0 Å². The molecule has 0 unspecified atom stereocenters. The maximum Gasteiger partial charge on any atom is 0.271 e. The molecule has 2 rings (SSSR count). The molecule has 0 radical (unpaired) electrons. The monoisotopic (exact) mass is 350 g/mol. The first-order chi connectivity index (χ1) is 9.99. The first-order valence-corrected chi connectivity index (χ1v) is 6.75. The van der Waals surface area contributed by atoms with E-state index in [1.165, 1.54) is 18.2 Å². The molecule has 0 aliphatic carbocycles.